The van der Waals surface area contributed by atoms with Crippen LogP contribution >= 0.6 is 0 Å². The van der Waals surface area contributed by atoms with Crippen LogP contribution < -0.4 is 21.3 Å². The Balaban J connectivity index is 1.74. The van der Waals surface area contributed by atoms with Crippen LogP contribution in [0.2, 0.25) is 0 Å². The van der Waals surface area contributed by atoms with E-state index in [0.29, 0.717) is 35.4 Å². The lowest BCUT2D eigenvalue weighted by Crippen LogP contribution is -2.26. The quantitative estimate of drug-likeness (QED) is 0.327. The first-order valence-corrected chi connectivity index (χ1v) is 10.8. The predicted octanol–water partition coefficient (Wildman–Crippen LogP) is 3.24. The third-order valence-electron chi connectivity index (χ3n) is 4.65. The molecule has 0 atom stereocenters. The number of hydrogen-bond donors (Lipinski definition) is 3. The molecule has 0 radical (unpaired) electrons. The number of carbonyl (C=O) groups is 2. The average Bonchev–Trinajstić information content (AvgIpc) is 3.12. The van der Waals surface area contributed by atoms with E-state index in [4.69, 9.17) is 10.5 Å². The highest BCUT2D eigenvalue weighted by molar-refractivity contribution is 5.90. The molecule has 0 saturated carbocycles. The van der Waals surface area contributed by atoms with Gasteiger partial charge in [-0.25, -0.2) is 9.37 Å². The molecule has 2 aromatic heterocycles. The SMILES string of the molecule is CC(C)(C)Oc1cc(F)cc2[nH]c(Cn3cccc(NC(=O)CCC/C=C/C(N)=O)c3=O)nc12. The van der Waals surface area contributed by atoms with E-state index in [-0.39, 0.29) is 24.6 Å². The maximum atomic E-state index is 14.1. The molecule has 4 N–H and O–H groups in total. The molecule has 34 heavy (non-hydrogen) atoms. The van der Waals surface area contributed by atoms with Crippen LogP contribution in [-0.2, 0) is 16.1 Å². The Morgan fingerprint density at radius 2 is 2.09 bits per heavy atom. The number of amides is 2. The van der Waals surface area contributed by atoms with E-state index in [1.165, 1.54) is 28.8 Å². The van der Waals surface area contributed by atoms with Gasteiger partial charge in [-0.1, -0.05) is 6.08 Å². The van der Waals surface area contributed by atoms with Crippen molar-refractivity contribution in [2.45, 2.75) is 52.2 Å². The second-order valence-corrected chi connectivity index (χ2v) is 8.80. The van der Waals surface area contributed by atoms with Gasteiger partial charge in [-0.15, -0.1) is 0 Å². The second kappa shape index (κ2) is 10.3. The first-order chi connectivity index (χ1) is 16.0. The summed E-state index contributed by atoms with van der Waals surface area (Å²) in [5, 5.41) is 2.62. The van der Waals surface area contributed by atoms with Crippen molar-refractivity contribution in [2.75, 3.05) is 5.32 Å². The number of fused-ring (bicyclic) bond motifs is 1. The van der Waals surface area contributed by atoms with Crippen LogP contribution in [-0.4, -0.2) is 32.0 Å². The Morgan fingerprint density at radius 1 is 1.32 bits per heavy atom. The van der Waals surface area contributed by atoms with Crippen molar-refractivity contribution >= 4 is 28.5 Å². The number of halogens is 1. The van der Waals surface area contributed by atoms with Gasteiger partial charge >= 0.3 is 0 Å². The number of aromatic amines is 1. The van der Waals surface area contributed by atoms with Crippen LogP contribution in [0, 0.1) is 5.82 Å². The summed E-state index contributed by atoms with van der Waals surface area (Å²) in [5.74, 6) is -0.573. The van der Waals surface area contributed by atoms with Gasteiger partial charge < -0.3 is 25.3 Å². The molecule has 0 aliphatic heterocycles. The fourth-order valence-corrected chi connectivity index (χ4v) is 3.30. The molecular weight excluding hydrogens is 441 g/mol. The number of nitrogens with one attached hydrogen (secondary N) is 2. The molecule has 0 spiro atoms. The number of anilines is 1. The summed E-state index contributed by atoms with van der Waals surface area (Å²) in [4.78, 5) is 43.2. The molecule has 3 aromatic rings. The topological polar surface area (TPSA) is 132 Å². The highest BCUT2D eigenvalue weighted by Gasteiger charge is 2.18. The fraction of sp³-hybridized carbons (Fsp3) is 0.333. The molecule has 2 heterocycles. The highest BCUT2D eigenvalue weighted by atomic mass is 19.1. The van der Waals surface area contributed by atoms with E-state index in [9.17, 15) is 18.8 Å². The fourth-order valence-electron chi connectivity index (χ4n) is 3.30. The van der Waals surface area contributed by atoms with Crippen molar-refractivity contribution in [1.29, 1.82) is 0 Å². The van der Waals surface area contributed by atoms with E-state index in [1.807, 2.05) is 20.8 Å². The van der Waals surface area contributed by atoms with Crippen LogP contribution in [0.4, 0.5) is 10.1 Å². The number of primary amides is 1. The number of aromatic nitrogens is 3. The van der Waals surface area contributed by atoms with Crippen molar-refractivity contribution in [3.8, 4) is 5.75 Å². The number of unbranched alkanes of at least 4 members (excludes halogenated alkanes) is 1. The van der Waals surface area contributed by atoms with Crippen molar-refractivity contribution in [1.82, 2.24) is 14.5 Å². The van der Waals surface area contributed by atoms with Crippen LogP contribution in [0.15, 0.2) is 47.4 Å². The first kappa shape index (κ1) is 24.7. The minimum Gasteiger partial charge on any atom is -0.486 e. The smallest absolute Gasteiger partial charge is 0.274 e. The van der Waals surface area contributed by atoms with E-state index >= 15 is 0 Å². The lowest BCUT2D eigenvalue weighted by Gasteiger charge is -2.21. The number of hydrogen-bond acceptors (Lipinski definition) is 5. The summed E-state index contributed by atoms with van der Waals surface area (Å²) in [6.45, 7) is 5.66. The third-order valence-corrected chi connectivity index (χ3v) is 4.65. The third kappa shape index (κ3) is 6.77. The van der Waals surface area contributed by atoms with Crippen molar-refractivity contribution in [3.63, 3.8) is 0 Å². The molecule has 0 aliphatic rings. The molecular formula is C24H28FN5O4. The summed E-state index contributed by atoms with van der Waals surface area (Å²) in [6.07, 6.45) is 5.63. The molecule has 0 saturated heterocycles. The van der Waals surface area contributed by atoms with Gasteiger partial charge in [-0.3, -0.25) is 14.4 Å². The molecule has 2 amide bonds. The normalized spacial score (nSPS) is 11.8. The summed E-state index contributed by atoms with van der Waals surface area (Å²) in [7, 11) is 0. The Bertz CT molecular complexity index is 1290. The van der Waals surface area contributed by atoms with Gasteiger partial charge in [0, 0.05) is 18.7 Å². The summed E-state index contributed by atoms with van der Waals surface area (Å²) >= 11 is 0. The Morgan fingerprint density at radius 3 is 2.79 bits per heavy atom. The second-order valence-electron chi connectivity index (χ2n) is 8.80. The van der Waals surface area contributed by atoms with E-state index in [2.05, 4.69) is 15.3 Å². The zero-order valence-corrected chi connectivity index (χ0v) is 19.4. The molecule has 0 unspecified atom stereocenters. The number of nitrogens with zero attached hydrogens (tertiary/aromatic N) is 2. The summed E-state index contributed by atoms with van der Waals surface area (Å²) in [6, 6.07) is 5.76. The number of allylic oxidation sites excluding steroid dienone is 1. The number of ether oxygens (including phenoxy) is 1. The number of carbonyl (C=O) groups excluding carboxylic acids is 2. The maximum Gasteiger partial charge on any atom is 0.274 e. The van der Waals surface area contributed by atoms with E-state index in [1.54, 1.807) is 18.3 Å². The molecule has 9 nitrogen and oxygen atoms in total. The molecule has 3 rings (SSSR count). The van der Waals surface area contributed by atoms with Crippen molar-refractivity contribution < 1.29 is 18.7 Å². The maximum absolute atomic E-state index is 14.1. The summed E-state index contributed by atoms with van der Waals surface area (Å²) in [5.41, 5.74) is 5.13. The monoisotopic (exact) mass is 469 g/mol. The number of pyridine rings is 1. The van der Waals surface area contributed by atoms with Crippen LogP contribution in [0.25, 0.3) is 11.0 Å². The van der Waals surface area contributed by atoms with E-state index in [0.717, 1.165) is 0 Å². The van der Waals surface area contributed by atoms with Crippen molar-refractivity contribution in [3.05, 3.63) is 64.6 Å². The van der Waals surface area contributed by atoms with Gasteiger partial charge in [-0.2, -0.15) is 0 Å². The predicted molar refractivity (Wildman–Crippen MR) is 127 cm³/mol. The van der Waals surface area contributed by atoms with Gasteiger partial charge in [0.25, 0.3) is 5.56 Å². The van der Waals surface area contributed by atoms with Gasteiger partial charge in [-0.05, 0) is 57.9 Å². The van der Waals surface area contributed by atoms with Crippen LogP contribution in [0.5, 0.6) is 5.75 Å². The van der Waals surface area contributed by atoms with E-state index < -0.39 is 22.9 Å². The standard InChI is InChI=1S/C24H28FN5O4/c1-24(2,3)34-18-13-15(25)12-17-22(18)29-20(27-17)14-30-11-7-8-16(23(30)33)28-21(32)10-6-4-5-9-19(26)31/h5,7-9,11-13H,4,6,10,14H2,1-3H3,(H2,26,31)(H,27,29)(H,28,32)/b9-5+. The Labute approximate surface area is 195 Å². The molecule has 10 heteroatoms. The largest absolute Gasteiger partial charge is 0.486 e. The molecule has 1 aromatic carbocycles. The minimum absolute atomic E-state index is 0.0890. The van der Waals surface area contributed by atoms with Gasteiger partial charge in [0.15, 0.2) is 5.75 Å². The lowest BCUT2D eigenvalue weighted by molar-refractivity contribution is -0.116. The van der Waals surface area contributed by atoms with Crippen LogP contribution in [0.1, 0.15) is 45.9 Å². The van der Waals surface area contributed by atoms with Gasteiger partial charge in [0.2, 0.25) is 11.8 Å². The Kier molecular flexibility index (Phi) is 7.50. The number of imidazole rings is 1. The molecule has 0 aliphatic carbocycles. The molecule has 180 valence electrons. The average molecular weight is 470 g/mol. The molecule has 0 bridgehead atoms. The first-order valence-electron chi connectivity index (χ1n) is 10.8. The Hall–Kier alpha value is -3.95. The molecule has 0 fully saturated rings. The lowest BCUT2D eigenvalue weighted by atomic mass is 10.2. The number of H-pyrrole nitrogens is 1. The highest BCUT2D eigenvalue weighted by Crippen LogP contribution is 2.28. The number of nitrogens with two attached hydrogens (primary N) is 1. The zero-order chi connectivity index (χ0) is 24.9. The zero-order valence-electron chi connectivity index (χ0n) is 19.4. The number of rotatable bonds is 9. The summed E-state index contributed by atoms with van der Waals surface area (Å²) < 4.78 is 21.3. The van der Waals surface area contributed by atoms with Gasteiger partial charge in [0.1, 0.15) is 28.4 Å². The minimum atomic E-state index is -0.540. The number of benzene rings is 1. The van der Waals surface area contributed by atoms with Gasteiger partial charge in [0.05, 0.1) is 12.1 Å². The van der Waals surface area contributed by atoms with Crippen molar-refractivity contribution in [2.24, 2.45) is 5.73 Å². The van der Waals surface area contributed by atoms with Crippen LogP contribution in [0.3, 0.4) is 0 Å².